The third-order valence-corrected chi connectivity index (χ3v) is 5.54. The molecule has 2 aromatic carbocycles. The molecule has 1 atom stereocenters. The zero-order chi connectivity index (χ0) is 24.8. The molecular formula is C25H26N6O4. The van der Waals surface area contributed by atoms with Gasteiger partial charge in [-0.25, -0.2) is 14.6 Å². The van der Waals surface area contributed by atoms with E-state index in [9.17, 15) is 14.7 Å². The average Bonchev–Trinajstić information content (AvgIpc) is 3.26. The van der Waals surface area contributed by atoms with Gasteiger partial charge < -0.3 is 25.7 Å². The predicted octanol–water partition coefficient (Wildman–Crippen LogP) is 3.62. The fraction of sp³-hybridized carbons (Fsp3) is 0.240. The van der Waals surface area contributed by atoms with E-state index < -0.39 is 0 Å². The summed E-state index contributed by atoms with van der Waals surface area (Å²) in [5.74, 6) is 1.56. The van der Waals surface area contributed by atoms with Gasteiger partial charge in [0.25, 0.3) is 0 Å². The molecule has 0 aliphatic carbocycles. The van der Waals surface area contributed by atoms with Crippen LogP contribution in [0, 0.1) is 0 Å². The summed E-state index contributed by atoms with van der Waals surface area (Å²) >= 11 is 0. The lowest BCUT2D eigenvalue weighted by atomic mass is 10.1. The van der Waals surface area contributed by atoms with E-state index in [1.54, 1.807) is 48.0 Å². The molecular weight excluding hydrogens is 448 g/mol. The van der Waals surface area contributed by atoms with E-state index in [1.807, 2.05) is 12.1 Å². The van der Waals surface area contributed by atoms with Gasteiger partial charge in [-0.3, -0.25) is 4.79 Å². The molecule has 4 rings (SSSR count). The lowest BCUT2D eigenvalue weighted by molar-refractivity contribution is -0.120. The van der Waals surface area contributed by atoms with Crippen molar-refractivity contribution in [3.63, 3.8) is 0 Å². The van der Waals surface area contributed by atoms with Crippen LogP contribution < -0.4 is 15.8 Å². The number of hydrogen-bond donors (Lipinski definition) is 3. The quantitative estimate of drug-likeness (QED) is 0.296. The second kappa shape index (κ2) is 10.6. The van der Waals surface area contributed by atoms with Crippen molar-refractivity contribution in [3.8, 4) is 28.5 Å². The van der Waals surface area contributed by atoms with E-state index in [-0.39, 0.29) is 23.5 Å². The van der Waals surface area contributed by atoms with Crippen molar-refractivity contribution in [2.45, 2.75) is 32.2 Å². The first-order valence-electron chi connectivity index (χ1n) is 11.3. The molecule has 1 unspecified atom stereocenters. The normalized spacial score (nSPS) is 11.8. The number of amides is 1. The first-order chi connectivity index (χ1) is 17.0. The number of nitrogens with zero attached hydrogens (tertiary/aromatic N) is 4. The first-order valence-corrected chi connectivity index (χ1v) is 11.3. The number of carbonyl (C=O) groups is 2. The number of rotatable bonds is 10. The number of hydrogen-bond acceptors (Lipinski definition) is 8. The Morgan fingerprint density at radius 3 is 2.49 bits per heavy atom. The Morgan fingerprint density at radius 1 is 1.14 bits per heavy atom. The van der Waals surface area contributed by atoms with Crippen molar-refractivity contribution in [1.82, 2.24) is 25.1 Å². The minimum atomic E-state index is -0.293. The molecule has 180 valence electrons. The highest BCUT2D eigenvalue weighted by Crippen LogP contribution is 2.34. The highest BCUT2D eigenvalue weighted by atomic mass is 16.5. The van der Waals surface area contributed by atoms with Crippen LogP contribution in [0.3, 0.4) is 0 Å². The standard InChI is InChI=1S/C25H26N6O4/c1-2-21(34)27-14-17(4-3-13-32)31-25-22(24(26)28-15-29-25)23(30-31)16-5-9-19(10-6-16)35-20-11-7-18(33)8-12-20/h5-13,15,17,33H,2-4,14H2,1H3,(H,27,34)(H2,26,28,29). The maximum absolute atomic E-state index is 11.9. The number of nitrogen functional groups attached to an aromatic ring is 1. The van der Waals surface area contributed by atoms with Crippen LogP contribution in [0.15, 0.2) is 54.9 Å². The number of aromatic hydroxyl groups is 1. The Bertz CT molecular complexity index is 1320. The summed E-state index contributed by atoms with van der Waals surface area (Å²) < 4.78 is 7.54. The average molecular weight is 475 g/mol. The van der Waals surface area contributed by atoms with E-state index in [4.69, 9.17) is 15.6 Å². The van der Waals surface area contributed by atoms with E-state index >= 15 is 0 Å². The highest BCUT2D eigenvalue weighted by molar-refractivity contribution is 5.98. The summed E-state index contributed by atoms with van der Waals surface area (Å²) in [5.41, 5.74) is 8.11. The van der Waals surface area contributed by atoms with Gasteiger partial charge in [0.05, 0.1) is 11.4 Å². The van der Waals surface area contributed by atoms with E-state index in [1.165, 1.54) is 6.33 Å². The van der Waals surface area contributed by atoms with Crippen molar-refractivity contribution in [3.05, 3.63) is 54.9 Å². The molecule has 2 heterocycles. The number of phenolic OH excluding ortho intramolecular Hbond substituents is 1. The molecule has 1 amide bonds. The molecule has 0 spiro atoms. The molecule has 35 heavy (non-hydrogen) atoms. The molecule has 0 bridgehead atoms. The highest BCUT2D eigenvalue weighted by Gasteiger charge is 2.22. The van der Waals surface area contributed by atoms with Gasteiger partial charge in [0.2, 0.25) is 5.91 Å². The maximum Gasteiger partial charge on any atom is 0.219 e. The summed E-state index contributed by atoms with van der Waals surface area (Å²) in [6.07, 6.45) is 3.37. The number of ether oxygens (including phenoxy) is 1. The Hall–Kier alpha value is -4.47. The van der Waals surface area contributed by atoms with Gasteiger partial charge in [0.1, 0.15) is 41.4 Å². The SMILES string of the molecule is CCC(=O)NCC(CCC=O)n1nc(-c2ccc(Oc3ccc(O)cc3)cc2)c2c(N)ncnc21. The van der Waals surface area contributed by atoms with Gasteiger partial charge in [0, 0.05) is 24.9 Å². The van der Waals surface area contributed by atoms with Crippen LogP contribution in [-0.4, -0.2) is 43.6 Å². The van der Waals surface area contributed by atoms with Gasteiger partial charge in [0.15, 0.2) is 5.65 Å². The summed E-state index contributed by atoms with van der Waals surface area (Å²) in [6.45, 7) is 2.08. The summed E-state index contributed by atoms with van der Waals surface area (Å²) in [7, 11) is 0. The number of phenols is 1. The van der Waals surface area contributed by atoms with E-state index in [0.29, 0.717) is 54.0 Å². The van der Waals surface area contributed by atoms with Crippen LogP contribution >= 0.6 is 0 Å². The topological polar surface area (TPSA) is 145 Å². The van der Waals surface area contributed by atoms with Crippen molar-refractivity contribution in [2.24, 2.45) is 0 Å². The van der Waals surface area contributed by atoms with Gasteiger partial charge >= 0.3 is 0 Å². The van der Waals surface area contributed by atoms with Gasteiger partial charge in [-0.15, -0.1) is 0 Å². The van der Waals surface area contributed by atoms with Crippen LogP contribution in [0.25, 0.3) is 22.3 Å². The number of nitrogens with two attached hydrogens (primary N) is 1. The number of benzene rings is 2. The molecule has 4 N–H and O–H groups in total. The number of carbonyl (C=O) groups excluding carboxylic acids is 2. The second-order valence-corrected chi connectivity index (χ2v) is 7.93. The van der Waals surface area contributed by atoms with Crippen molar-refractivity contribution in [1.29, 1.82) is 0 Å². The van der Waals surface area contributed by atoms with Crippen LogP contribution in [0.5, 0.6) is 17.2 Å². The molecule has 0 saturated heterocycles. The molecule has 2 aromatic heterocycles. The fourth-order valence-corrected chi connectivity index (χ4v) is 3.71. The fourth-order valence-electron chi connectivity index (χ4n) is 3.71. The van der Waals surface area contributed by atoms with Crippen molar-refractivity contribution in [2.75, 3.05) is 12.3 Å². The summed E-state index contributed by atoms with van der Waals surface area (Å²) in [5, 5.41) is 17.7. The predicted molar refractivity (Wildman–Crippen MR) is 131 cm³/mol. The third kappa shape index (κ3) is 5.37. The third-order valence-electron chi connectivity index (χ3n) is 5.54. The zero-order valence-corrected chi connectivity index (χ0v) is 19.2. The van der Waals surface area contributed by atoms with Crippen LogP contribution in [-0.2, 0) is 9.59 Å². The molecule has 4 aromatic rings. The zero-order valence-electron chi connectivity index (χ0n) is 19.2. The lowest BCUT2D eigenvalue weighted by Gasteiger charge is -2.17. The molecule has 0 radical (unpaired) electrons. The smallest absolute Gasteiger partial charge is 0.219 e. The van der Waals surface area contributed by atoms with Gasteiger partial charge in [-0.2, -0.15) is 5.10 Å². The first kappa shape index (κ1) is 23.7. The Labute approximate surface area is 201 Å². The van der Waals surface area contributed by atoms with Gasteiger partial charge in [-0.1, -0.05) is 6.92 Å². The number of aromatic nitrogens is 4. The minimum Gasteiger partial charge on any atom is -0.508 e. The molecule has 10 nitrogen and oxygen atoms in total. The Morgan fingerprint density at radius 2 is 1.83 bits per heavy atom. The summed E-state index contributed by atoms with van der Waals surface area (Å²) in [6, 6.07) is 13.5. The molecule has 0 aliphatic rings. The molecule has 10 heteroatoms. The number of fused-ring (bicyclic) bond motifs is 1. The van der Waals surface area contributed by atoms with E-state index in [0.717, 1.165) is 11.8 Å². The minimum absolute atomic E-state index is 0.0869. The molecule has 0 saturated carbocycles. The van der Waals surface area contributed by atoms with Crippen molar-refractivity contribution >= 4 is 29.0 Å². The maximum atomic E-state index is 11.9. The molecule has 0 fully saturated rings. The van der Waals surface area contributed by atoms with Gasteiger partial charge in [-0.05, 0) is 55.0 Å². The van der Waals surface area contributed by atoms with E-state index in [2.05, 4.69) is 15.3 Å². The van der Waals surface area contributed by atoms with Crippen LogP contribution in [0.1, 0.15) is 32.2 Å². The second-order valence-electron chi connectivity index (χ2n) is 7.93. The van der Waals surface area contributed by atoms with Crippen LogP contribution in [0.4, 0.5) is 5.82 Å². The Balaban J connectivity index is 1.69. The summed E-state index contributed by atoms with van der Waals surface area (Å²) in [4.78, 5) is 31.5. The lowest BCUT2D eigenvalue weighted by Crippen LogP contribution is -2.31. The molecule has 0 aliphatic heterocycles. The van der Waals surface area contributed by atoms with Crippen LogP contribution in [0.2, 0.25) is 0 Å². The Kier molecular flexibility index (Phi) is 7.20. The van der Waals surface area contributed by atoms with Crippen molar-refractivity contribution < 1.29 is 19.4 Å². The number of anilines is 1. The number of aldehydes is 1. The largest absolute Gasteiger partial charge is 0.508 e. The number of nitrogens with one attached hydrogen (secondary N) is 1. The monoisotopic (exact) mass is 474 g/mol.